The van der Waals surface area contributed by atoms with Crippen molar-refractivity contribution >= 4 is 21.7 Å². The van der Waals surface area contributed by atoms with E-state index in [1.165, 1.54) is 17.1 Å². The summed E-state index contributed by atoms with van der Waals surface area (Å²) in [7, 11) is 0. The molecule has 0 fully saturated rings. The lowest BCUT2D eigenvalue weighted by Crippen LogP contribution is -1.96. The normalized spacial score (nSPS) is 10.7. The maximum Gasteiger partial charge on any atom is 0.186 e. The topological polar surface area (TPSA) is 17.1 Å². The molecule has 1 aromatic carbocycles. The van der Waals surface area contributed by atoms with Crippen molar-refractivity contribution in [2.24, 2.45) is 0 Å². The molecule has 0 N–H and O–H groups in total. The molecule has 0 atom stereocenters. The molecular formula is C9H5BrF2O. The van der Waals surface area contributed by atoms with Gasteiger partial charge in [0.1, 0.15) is 0 Å². The van der Waals surface area contributed by atoms with E-state index in [-0.39, 0.29) is 11.3 Å². The fourth-order valence-corrected chi connectivity index (χ4v) is 1.04. The van der Waals surface area contributed by atoms with Crippen molar-refractivity contribution in [2.75, 3.05) is 0 Å². The molecule has 0 heterocycles. The van der Waals surface area contributed by atoms with E-state index < -0.39 is 11.6 Å². The number of carbonyl (C=O) groups excluding carboxylic acids is 1. The summed E-state index contributed by atoms with van der Waals surface area (Å²) < 4.78 is 25.1. The first-order chi connectivity index (χ1) is 6.15. The summed E-state index contributed by atoms with van der Waals surface area (Å²) in [6.07, 6.45) is 1.21. The van der Waals surface area contributed by atoms with Gasteiger partial charge < -0.3 is 0 Å². The Bertz CT molecular complexity index is 361. The molecule has 1 aromatic rings. The van der Waals surface area contributed by atoms with Crippen LogP contribution in [0, 0.1) is 11.6 Å². The molecule has 1 nitrogen and oxygen atoms in total. The third-order valence-corrected chi connectivity index (χ3v) is 1.68. The average Bonchev–Trinajstić information content (AvgIpc) is 2.10. The lowest BCUT2D eigenvalue weighted by molar-refractivity contribution is 0.104. The Morgan fingerprint density at radius 3 is 2.54 bits per heavy atom. The first-order valence-electron chi connectivity index (χ1n) is 3.41. The summed E-state index contributed by atoms with van der Waals surface area (Å²) in [5.41, 5.74) is 0.120. The van der Waals surface area contributed by atoms with E-state index >= 15 is 0 Å². The van der Waals surface area contributed by atoms with Crippen LogP contribution in [0.1, 0.15) is 10.4 Å². The van der Waals surface area contributed by atoms with Crippen LogP contribution in [-0.2, 0) is 0 Å². The van der Waals surface area contributed by atoms with Gasteiger partial charge in [-0.05, 0) is 29.3 Å². The van der Waals surface area contributed by atoms with Crippen molar-refractivity contribution in [1.29, 1.82) is 0 Å². The summed E-state index contributed by atoms with van der Waals surface area (Å²) in [5.74, 6) is -2.36. The van der Waals surface area contributed by atoms with Crippen LogP contribution in [0.4, 0.5) is 8.78 Å². The number of halogens is 3. The third kappa shape index (κ3) is 2.45. The minimum Gasteiger partial charge on any atom is -0.289 e. The molecule has 0 aromatic heterocycles. The van der Waals surface area contributed by atoms with E-state index in [4.69, 9.17) is 0 Å². The van der Waals surface area contributed by atoms with Crippen LogP contribution in [0.5, 0.6) is 0 Å². The molecular weight excluding hydrogens is 242 g/mol. The highest BCUT2D eigenvalue weighted by molar-refractivity contribution is 9.11. The Morgan fingerprint density at radius 1 is 1.31 bits per heavy atom. The second kappa shape index (κ2) is 4.28. The Morgan fingerprint density at radius 2 is 2.00 bits per heavy atom. The van der Waals surface area contributed by atoms with E-state index in [0.717, 1.165) is 12.1 Å². The minimum absolute atomic E-state index is 0.120. The Hall–Kier alpha value is -1.03. The average molecular weight is 247 g/mol. The number of carbonyl (C=O) groups is 1. The smallest absolute Gasteiger partial charge is 0.186 e. The Labute approximate surface area is 82.2 Å². The summed E-state index contributed by atoms with van der Waals surface area (Å²) in [5, 5.41) is 0. The van der Waals surface area contributed by atoms with Crippen LogP contribution in [-0.4, -0.2) is 5.78 Å². The standard InChI is InChI=1S/C9H5BrF2O/c10-4-3-9(13)6-1-2-7(11)8(12)5-6/h1-5H/b4-3+. The van der Waals surface area contributed by atoms with Gasteiger partial charge in [0.05, 0.1) is 0 Å². The predicted molar refractivity (Wildman–Crippen MR) is 48.8 cm³/mol. The predicted octanol–water partition coefficient (Wildman–Crippen LogP) is 3.06. The summed E-state index contributed by atoms with van der Waals surface area (Å²) in [4.78, 5) is 12.5. The molecule has 0 saturated carbocycles. The van der Waals surface area contributed by atoms with Crippen LogP contribution < -0.4 is 0 Å². The molecule has 0 amide bonds. The number of hydrogen-bond acceptors (Lipinski definition) is 1. The van der Waals surface area contributed by atoms with Crippen molar-refractivity contribution in [2.45, 2.75) is 0 Å². The van der Waals surface area contributed by atoms with Crippen molar-refractivity contribution in [3.05, 3.63) is 46.5 Å². The van der Waals surface area contributed by atoms with Crippen molar-refractivity contribution in [3.63, 3.8) is 0 Å². The van der Waals surface area contributed by atoms with Crippen molar-refractivity contribution in [3.8, 4) is 0 Å². The number of allylic oxidation sites excluding steroid dienone is 1. The van der Waals surface area contributed by atoms with E-state index in [0.29, 0.717) is 0 Å². The summed E-state index contributed by atoms with van der Waals surface area (Å²) in [6, 6.07) is 3.02. The van der Waals surface area contributed by atoms with Gasteiger partial charge in [0, 0.05) is 5.56 Å². The fraction of sp³-hybridized carbons (Fsp3) is 0. The number of hydrogen-bond donors (Lipinski definition) is 0. The SMILES string of the molecule is O=C(/C=C/Br)c1ccc(F)c(F)c1. The molecule has 0 saturated heterocycles. The molecule has 0 aliphatic rings. The molecule has 13 heavy (non-hydrogen) atoms. The first kappa shape index (κ1) is 10.1. The van der Waals surface area contributed by atoms with E-state index in [1.807, 2.05) is 0 Å². The molecule has 0 unspecified atom stereocenters. The molecule has 0 bridgehead atoms. The van der Waals surface area contributed by atoms with E-state index in [1.54, 1.807) is 0 Å². The number of rotatable bonds is 2. The highest BCUT2D eigenvalue weighted by Gasteiger charge is 2.06. The molecule has 0 aliphatic carbocycles. The molecule has 68 valence electrons. The quantitative estimate of drug-likeness (QED) is 0.579. The molecule has 4 heteroatoms. The Balaban J connectivity index is 3.04. The molecule has 0 spiro atoms. The van der Waals surface area contributed by atoms with Gasteiger partial charge in [-0.3, -0.25) is 4.79 Å². The summed E-state index contributed by atoms with van der Waals surface area (Å²) in [6.45, 7) is 0. The van der Waals surface area contributed by atoms with Gasteiger partial charge in [0.15, 0.2) is 17.4 Å². The molecule has 0 aliphatic heterocycles. The maximum atomic E-state index is 12.6. The van der Waals surface area contributed by atoms with Crippen LogP contribution in [0.2, 0.25) is 0 Å². The van der Waals surface area contributed by atoms with Gasteiger partial charge in [-0.25, -0.2) is 8.78 Å². The van der Waals surface area contributed by atoms with Crippen LogP contribution in [0.3, 0.4) is 0 Å². The number of ketones is 1. The second-order valence-corrected chi connectivity index (χ2v) is 2.81. The van der Waals surface area contributed by atoms with E-state index in [2.05, 4.69) is 15.9 Å². The zero-order chi connectivity index (χ0) is 9.84. The highest BCUT2D eigenvalue weighted by atomic mass is 79.9. The van der Waals surface area contributed by atoms with Gasteiger partial charge in [0.2, 0.25) is 0 Å². The molecule has 0 radical (unpaired) electrons. The second-order valence-electron chi connectivity index (χ2n) is 2.29. The first-order valence-corrected chi connectivity index (χ1v) is 4.33. The zero-order valence-corrected chi connectivity index (χ0v) is 8.01. The largest absolute Gasteiger partial charge is 0.289 e. The lowest BCUT2D eigenvalue weighted by atomic mass is 10.1. The van der Waals surface area contributed by atoms with Gasteiger partial charge in [-0.1, -0.05) is 15.9 Å². The van der Waals surface area contributed by atoms with Crippen LogP contribution in [0.15, 0.2) is 29.3 Å². The van der Waals surface area contributed by atoms with Gasteiger partial charge >= 0.3 is 0 Å². The molecule has 1 rings (SSSR count). The highest BCUT2D eigenvalue weighted by Crippen LogP contribution is 2.09. The van der Waals surface area contributed by atoms with Crippen molar-refractivity contribution < 1.29 is 13.6 Å². The lowest BCUT2D eigenvalue weighted by Gasteiger charge is -1.96. The monoisotopic (exact) mass is 246 g/mol. The van der Waals surface area contributed by atoms with Crippen molar-refractivity contribution in [1.82, 2.24) is 0 Å². The van der Waals surface area contributed by atoms with Gasteiger partial charge in [0.25, 0.3) is 0 Å². The van der Waals surface area contributed by atoms with E-state index in [9.17, 15) is 13.6 Å². The maximum absolute atomic E-state index is 12.6. The minimum atomic E-state index is -1.02. The van der Waals surface area contributed by atoms with Crippen LogP contribution >= 0.6 is 15.9 Å². The fourth-order valence-electron chi connectivity index (χ4n) is 0.803. The third-order valence-electron chi connectivity index (χ3n) is 1.42. The number of benzene rings is 1. The van der Waals surface area contributed by atoms with Gasteiger partial charge in [-0.15, -0.1) is 0 Å². The van der Waals surface area contributed by atoms with Crippen LogP contribution in [0.25, 0.3) is 0 Å². The Kier molecular flexibility index (Phi) is 3.31. The van der Waals surface area contributed by atoms with Gasteiger partial charge in [-0.2, -0.15) is 0 Å². The summed E-state index contributed by atoms with van der Waals surface area (Å²) >= 11 is 2.91. The zero-order valence-electron chi connectivity index (χ0n) is 6.43.